The van der Waals surface area contributed by atoms with Crippen LogP contribution in [-0.2, 0) is 27.3 Å². The quantitative estimate of drug-likeness (QED) is 0.136. The van der Waals surface area contributed by atoms with E-state index >= 15 is 0 Å². The van der Waals surface area contributed by atoms with E-state index in [-0.39, 0.29) is 23.3 Å². The molecule has 0 radical (unpaired) electrons. The van der Waals surface area contributed by atoms with Crippen molar-refractivity contribution < 1.29 is 18.7 Å². The van der Waals surface area contributed by atoms with Crippen LogP contribution < -0.4 is 10.1 Å². The van der Waals surface area contributed by atoms with Crippen LogP contribution in [0.3, 0.4) is 0 Å². The molecule has 0 bridgehead atoms. The van der Waals surface area contributed by atoms with Crippen LogP contribution in [0.5, 0.6) is 5.75 Å². The average Bonchev–Trinajstić information content (AvgIpc) is 3.45. The van der Waals surface area contributed by atoms with Crippen molar-refractivity contribution in [1.82, 2.24) is 14.8 Å². The number of fused-ring (bicyclic) bond motifs is 1. The molecule has 1 N–H and O–H groups in total. The van der Waals surface area contributed by atoms with Gasteiger partial charge in [-0.2, -0.15) is 4.98 Å². The molecule has 0 amide bonds. The van der Waals surface area contributed by atoms with Crippen LogP contribution in [0.15, 0.2) is 87.6 Å². The fourth-order valence-electron chi connectivity index (χ4n) is 6.03. The number of nitrogens with one attached hydrogen (secondary N) is 1. The summed E-state index contributed by atoms with van der Waals surface area (Å²) in [4.78, 5) is 18.8. The first-order valence-electron chi connectivity index (χ1n) is 16.1. The largest absolute Gasteiger partial charge is 0.489 e. The predicted octanol–water partition coefficient (Wildman–Crippen LogP) is 9.51. The number of benzene rings is 3. The molecule has 1 atom stereocenters. The molecule has 47 heavy (non-hydrogen) atoms. The summed E-state index contributed by atoms with van der Waals surface area (Å²) in [7, 11) is 0. The highest BCUT2D eigenvalue weighted by atomic mass is 79.9. The van der Waals surface area contributed by atoms with Gasteiger partial charge in [-0.3, -0.25) is 0 Å². The van der Waals surface area contributed by atoms with E-state index in [1.165, 1.54) is 23.4 Å². The molecule has 7 nitrogen and oxygen atoms in total. The second-order valence-electron chi connectivity index (χ2n) is 13.2. The molecular weight excluding hydrogens is 679 g/mol. The van der Waals surface area contributed by atoms with E-state index < -0.39 is 6.04 Å². The van der Waals surface area contributed by atoms with Crippen LogP contribution in [0.2, 0.25) is 0 Å². The molecule has 0 spiro atoms. The Labute approximate surface area is 288 Å². The molecule has 3 aromatic carbocycles. The third kappa shape index (κ3) is 7.75. The minimum Gasteiger partial charge on any atom is -0.489 e. The van der Waals surface area contributed by atoms with Crippen molar-refractivity contribution >= 4 is 39.6 Å². The maximum absolute atomic E-state index is 14.4. The number of hydrogen-bond donors (Lipinski definition) is 1. The number of nitrogens with zero attached hydrogens (tertiary/aromatic N) is 3. The second kappa shape index (κ2) is 14.2. The van der Waals surface area contributed by atoms with Gasteiger partial charge in [-0.25, -0.2) is 13.9 Å². The van der Waals surface area contributed by atoms with Crippen LogP contribution in [0.4, 0.5) is 10.3 Å². The lowest BCUT2D eigenvalue weighted by atomic mass is 9.87. The van der Waals surface area contributed by atoms with E-state index in [9.17, 15) is 9.18 Å². The molecule has 1 fully saturated rings. The van der Waals surface area contributed by atoms with Crippen molar-refractivity contribution in [3.63, 3.8) is 0 Å². The number of anilines is 1. The van der Waals surface area contributed by atoms with E-state index in [1.807, 2.05) is 31.2 Å². The lowest BCUT2D eigenvalue weighted by molar-refractivity contribution is -0.146. The van der Waals surface area contributed by atoms with Crippen molar-refractivity contribution in [2.24, 2.45) is 0 Å². The van der Waals surface area contributed by atoms with Crippen molar-refractivity contribution in [3.8, 4) is 5.75 Å². The van der Waals surface area contributed by atoms with Crippen LogP contribution >= 0.6 is 27.7 Å². The van der Waals surface area contributed by atoms with Gasteiger partial charge in [-0.15, -0.1) is 5.10 Å². The van der Waals surface area contributed by atoms with E-state index in [4.69, 9.17) is 19.6 Å². The number of aromatic nitrogens is 3. The lowest BCUT2D eigenvalue weighted by Gasteiger charge is -2.31. The minimum absolute atomic E-state index is 0.0576. The topological polar surface area (TPSA) is 78.3 Å². The van der Waals surface area contributed by atoms with Crippen molar-refractivity contribution in [1.29, 1.82) is 0 Å². The second-order valence-corrected chi connectivity index (χ2v) is 15.1. The zero-order chi connectivity index (χ0) is 33.1. The molecule has 1 aromatic heterocycles. The number of carbonyl (C=O) groups is 1. The number of rotatable bonds is 9. The highest BCUT2D eigenvalue weighted by Crippen LogP contribution is 2.42. The number of allylic oxidation sites excluding steroid dienone is 1. The Balaban J connectivity index is 1.35. The molecule has 2 aliphatic rings. The molecule has 1 aliphatic heterocycles. The molecule has 0 saturated heterocycles. The van der Waals surface area contributed by atoms with Crippen molar-refractivity contribution in [3.05, 3.63) is 111 Å². The summed E-state index contributed by atoms with van der Waals surface area (Å²) in [5.41, 5.74) is 4.76. The summed E-state index contributed by atoms with van der Waals surface area (Å²) < 4.78 is 29.6. The Morgan fingerprint density at radius 2 is 1.81 bits per heavy atom. The number of carbonyl (C=O) groups excluding carboxylic acids is 1. The number of ether oxygens (including phenoxy) is 2. The SMILES string of the molecule is CC1=C(C(=O)OC2CCCCC2)C(c2cc(Br)ccc2OCc2ccc(C(C)(C)C)cc2)n2nc(SCc3ccccc3F)nc2N1. The van der Waals surface area contributed by atoms with Gasteiger partial charge in [0.25, 0.3) is 0 Å². The first-order chi connectivity index (χ1) is 22.6. The van der Waals surface area contributed by atoms with Crippen LogP contribution in [-0.4, -0.2) is 26.8 Å². The van der Waals surface area contributed by atoms with Crippen molar-refractivity contribution in [2.75, 3.05) is 5.32 Å². The molecule has 4 aromatic rings. The summed E-state index contributed by atoms with van der Waals surface area (Å²) in [5.74, 6) is 0.828. The monoisotopic (exact) mass is 718 g/mol. The number of esters is 1. The van der Waals surface area contributed by atoms with Crippen LogP contribution in [0.1, 0.15) is 88.1 Å². The van der Waals surface area contributed by atoms with E-state index in [2.05, 4.69) is 66.3 Å². The van der Waals surface area contributed by atoms with Gasteiger partial charge in [0.1, 0.15) is 30.3 Å². The summed E-state index contributed by atoms with van der Waals surface area (Å²) >= 11 is 4.99. The Morgan fingerprint density at radius 3 is 2.53 bits per heavy atom. The highest BCUT2D eigenvalue weighted by Gasteiger charge is 2.38. The third-order valence-corrected chi connectivity index (χ3v) is 10.1. The van der Waals surface area contributed by atoms with Crippen LogP contribution in [0.25, 0.3) is 0 Å². The zero-order valence-corrected chi connectivity index (χ0v) is 29.6. The normalized spacial score (nSPS) is 16.9. The molecule has 6 rings (SSSR count). The molecule has 1 aliphatic carbocycles. The van der Waals surface area contributed by atoms with Gasteiger partial charge in [-0.1, -0.05) is 97.3 Å². The van der Waals surface area contributed by atoms with Gasteiger partial charge in [0, 0.05) is 21.5 Å². The Hall–Kier alpha value is -3.63. The standard InChI is InChI=1S/C37H40BrFN4O3S/c1-23-32(34(44)46-28-11-6-5-7-12-28)33(43-35(40-23)41-36(42-43)47-22-25-10-8-9-13-30(25)39)29-20-27(38)18-19-31(29)45-21-24-14-16-26(17-15-24)37(2,3)4/h8-10,13-20,28,33H,5-7,11-12,21-22H2,1-4H3,(H,40,41,42). The Bertz CT molecular complexity index is 1780. The summed E-state index contributed by atoms with van der Waals surface area (Å²) in [6.45, 7) is 8.80. The predicted molar refractivity (Wildman–Crippen MR) is 187 cm³/mol. The Kier molecular flexibility index (Phi) is 10.1. The summed E-state index contributed by atoms with van der Waals surface area (Å²) in [6.07, 6.45) is 4.87. The van der Waals surface area contributed by atoms with Gasteiger partial charge in [0.2, 0.25) is 11.1 Å². The molecular formula is C37H40BrFN4O3S. The van der Waals surface area contributed by atoms with Gasteiger partial charge < -0.3 is 14.8 Å². The fourth-order valence-corrected chi connectivity index (χ4v) is 7.22. The van der Waals surface area contributed by atoms with Crippen LogP contribution in [0, 0.1) is 5.82 Å². The number of hydrogen-bond acceptors (Lipinski definition) is 7. The first-order valence-corrected chi connectivity index (χ1v) is 17.9. The van der Waals surface area contributed by atoms with E-state index in [0.717, 1.165) is 47.7 Å². The molecule has 246 valence electrons. The average molecular weight is 720 g/mol. The smallest absolute Gasteiger partial charge is 0.338 e. The lowest BCUT2D eigenvalue weighted by Crippen LogP contribution is -2.32. The molecule has 2 heterocycles. The van der Waals surface area contributed by atoms with Crippen molar-refractivity contribution in [2.45, 2.75) is 94.9 Å². The van der Waals surface area contributed by atoms with E-state index in [0.29, 0.717) is 46.0 Å². The molecule has 10 heteroatoms. The minimum atomic E-state index is -0.673. The van der Waals surface area contributed by atoms with Gasteiger partial charge in [0.15, 0.2) is 0 Å². The highest BCUT2D eigenvalue weighted by molar-refractivity contribution is 9.10. The summed E-state index contributed by atoms with van der Waals surface area (Å²) in [6, 6.07) is 20.3. The van der Waals surface area contributed by atoms with E-state index in [1.54, 1.807) is 16.8 Å². The summed E-state index contributed by atoms with van der Waals surface area (Å²) in [5, 5.41) is 8.62. The Morgan fingerprint density at radius 1 is 1.06 bits per heavy atom. The fraction of sp³-hybridized carbons (Fsp3) is 0.378. The van der Waals surface area contributed by atoms with Gasteiger partial charge in [0.05, 0.1) is 5.57 Å². The van der Waals surface area contributed by atoms with Gasteiger partial charge >= 0.3 is 5.97 Å². The third-order valence-electron chi connectivity index (χ3n) is 8.67. The maximum atomic E-state index is 14.4. The maximum Gasteiger partial charge on any atom is 0.338 e. The number of halogens is 2. The first kappa shape index (κ1) is 33.3. The zero-order valence-electron chi connectivity index (χ0n) is 27.2. The molecule has 1 saturated carbocycles. The number of thioether (sulfide) groups is 1. The molecule has 1 unspecified atom stereocenters. The van der Waals surface area contributed by atoms with Gasteiger partial charge in [-0.05, 0) is 79.0 Å².